The van der Waals surface area contributed by atoms with Crippen molar-refractivity contribution < 1.29 is 45.7 Å². The highest BCUT2D eigenvalue weighted by Gasteiger charge is 2.31. The van der Waals surface area contributed by atoms with Gasteiger partial charge in [-0.3, -0.25) is 9.10 Å². The Bertz CT molecular complexity index is 1570. The van der Waals surface area contributed by atoms with Gasteiger partial charge in [-0.15, -0.1) is 0 Å². The number of benzene rings is 3. The van der Waals surface area contributed by atoms with E-state index in [1.807, 2.05) is 0 Å². The van der Waals surface area contributed by atoms with Crippen LogP contribution in [0.25, 0.3) is 0 Å². The van der Waals surface area contributed by atoms with Crippen molar-refractivity contribution in [2.75, 3.05) is 35.6 Å². The third-order valence-corrected chi connectivity index (χ3v) is 8.01. The van der Waals surface area contributed by atoms with E-state index in [9.17, 15) is 31.2 Å². The zero-order valence-electron chi connectivity index (χ0n) is 21.1. The van der Waals surface area contributed by atoms with Crippen LogP contribution in [-0.4, -0.2) is 60.2 Å². The molecule has 214 valence electrons. The molecular formula is C25H24ClFN2O9S2. The highest BCUT2D eigenvalue weighted by atomic mass is 35.5. The number of methoxy groups -OCH3 is 1. The van der Waals surface area contributed by atoms with Crippen molar-refractivity contribution in [3.05, 3.63) is 76.6 Å². The summed E-state index contributed by atoms with van der Waals surface area (Å²) in [6.45, 7) is 1.28. The molecule has 0 aliphatic carbocycles. The molecule has 0 bridgehead atoms. The maximum absolute atomic E-state index is 14.1. The van der Waals surface area contributed by atoms with Gasteiger partial charge in [-0.1, -0.05) is 11.6 Å². The Hall–Kier alpha value is -3.72. The standard InChI is InChI=1S/C25H24ClFN2O9S2/c1-3-38-21-8-4-15(24(30)28-17-6-7-18(25(31)32)19(27)14-17)12-20(21)29(10-11-39(33)34)40(35,36)23-13-16(26)5-9-22(23)37-2/h4-9,12-14H,3,10-11H2,1-2H3,(H,28,30)(H,31,32)(H,33,34). The van der Waals surface area contributed by atoms with E-state index in [4.69, 9.17) is 26.2 Å². The minimum absolute atomic E-state index is 0.0433. The maximum Gasteiger partial charge on any atom is 0.338 e. The number of carbonyl (C=O) groups is 2. The predicted octanol–water partition coefficient (Wildman–Crippen LogP) is 4.25. The largest absolute Gasteiger partial charge is 0.495 e. The molecular weight excluding hydrogens is 591 g/mol. The Morgan fingerprint density at radius 1 is 1.10 bits per heavy atom. The first-order chi connectivity index (χ1) is 18.9. The number of nitrogens with zero attached hydrogens (tertiary/aromatic N) is 1. The average molecular weight is 615 g/mol. The lowest BCUT2D eigenvalue weighted by Gasteiger charge is -2.27. The summed E-state index contributed by atoms with van der Waals surface area (Å²) in [4.78, 5) is 23.8. The fraction of sp³-hybridized carbons (Fsp3) is 0.200. The molecule has 3 aromatic rings. The van der Waals surface area contributed by atoms with Crippen molar-refractivity contribution in [1.82, 2.24) is 0 Å². The van der Waals surface area contributed by atoms with Gasteiger partial charge in [-0.05, 0) is 61.5 Å². The Balaban J connectivity index is 2.12. The number of anilines is 2. The number of aromatic carboxylic acids is 1. The number of nitrogens with one attached hydrogen (secondary N) is 1. The van der Waals surface area contributed by atoms with E-state index in [2.05, 4.69) is 5.32 Å². The summed E-state index contributed by atoms with van der Waals surface area (Å²) in [5.41, 5.74) is -0.842. The molecule has 0 aliphatic heterocycles. The van der Waals surface area contributed by atoms with Crippen molar-refractivity contribution in [2.24, 2.45) is 0 Å². The number of hydrogen-bond donors (Lipinski definition) is 3. The van der Waals surface area contributed by atoms with Gasteiger partial charge in [0.05, 0.1) is 30.7 Å². The van der Waals surface area contributed by atoms with Gasteiger partial charge < -0.3 is 24.4 Å². The van der Waals surface area contributed by atoms with Crippen LogP contribution in [0.4, 0.5) is 15.8 Å². The molecule has 0 radical (unpaired) electrons. The lowest BCUT2D eigenvalue weighted by Crippen LogP contribution is -2.35. The summed E-state index contributed by atoms with van der Waals surface area (Å²) >= 11 is 3.67. The van der Waals surface area contributed by atoms with E-state index in [0.717, 1.165) is 22.5 Å². The number of hydrogen-bond acceptors (Lipinski definition) is 7. The van der Waals surface area contributed by atoms with Crippen molar-refractivity contribution in [3.8, 4) is 11.5 Å². The zero-order valence-corrected chi connectivity index (χ0v) is 23.5. The molecule has 0 aromatic heterocycles. The summed E-state index contributed by atoms with van der Waals surface area (Å²) in [6, 6.07) is 10.8. The third-order valence-electron chi connectivity index (χ3n) is 5.41. The Labute approximate surface area is 236 Å². The first-order valence-corrected chi connectivity index (χ1v) is 14.5. The normalized spacial score (nSPS) is 11.9. The van der Waals surface area contributed by atoms with Crippen LogP contribution in [0.15, 0.2) is 59.5 Å². The second-order valence-corrected chi connectivity index (χ2v) is 11.3. The number of sulfonamides is 1. The van der Waals surface area contributed by atoms with Gasteiger partial charge in [0, 0.05) is 22.8 Å². The highest BCUT2D eigenvalue weighted by molar-refractivity contribution is 7.93. The summed E-state index contributed by atoms with van der Waals surface area (Å²) < 4.78 is 74.5. The van der Waals surface area contributed by atoms with Crippen molar-refractivity contribution in [3.63, 3.8) is 0 Å². The van der Waals surface area contributed by atoms with Crippen molar-refractivity contribution in [1.29, 1.82) is 0 Å². The molecule has 1 amide bonds. The minimum atomic E-state index is -4.51. The lowest BCUT2D eigenvalue weighted by molar-refractivity contribution is 0.0691. The van der Waals surface area contributed by atoms with Crippen LogP contribution in [0.2, 0.25) is 5.02 Å². The molecule has 3 aromatic carbocycles. The average Bonchev–Trinajstić information content (AvgIpc) is 2.89. The second-order valence-electron chi connectivity index (χ2n) is 7.97. The second kappa shape index (κ2) is 13.1. The predicted molar refractivity (Wildman–Crippen MR) is 147 cm³/mol. The van der Waals surface area contributed by atoms with Gasteiger partial charge in [-0.25, -0.2) is 21.8 Å². The molecule has 0 fully saturated rings. The fourth-order valence-corrected chi connectivity index (χ4v) is 5.95. The lowest BCUT2D eigenvalue weighted by atomic mass is 10.1. The molecule has 0 saturated carbocycles. The van der Waals surface area contributed by atoms with Crippen LogP contribution in [0.5, 0.6) is 11.5 Å². The van der Waals surface area contributed by atoms with E-state index in [1.54, 1.807) is 6.92 Å². The molecule has 11 nitrogen and oxygen atoms in total. The molecule has 40 heavy (non-hydrogen) atoms. The van der Waals surface area contributed by atoms with E-state index in [0.29, 0.717) is 0 Å². The zero-order chi connectivity index (χ0) is 29.6. The number of amides is 1. The quantitative estimate of drug-likeness (QED) is 0.253. The van der Waals surface area contributed by atoms with Gasteiger partial charge in [-0.2, -0.15) is 0 Å². The Morgan fingerprint density at radius 2 is 1.80 bits per heavy atom. The van der Waals surface area contributed by atoms with E-state index < -0.39 is 56.7 Å². The number of carbonyl (C=O) groups excluding carboxylic acids is 1. The van der Waals surface area contributed by atoms with Crippen molar-refractivity contribution >= 4 is 56.0 Å². The van der Waals surface area contributed by atoms with Gasteiger partial charge in [0.1, 0.15) is 22.2 Å². The number of ether oxygens (including phenoxy) is 2. The number of halogens is 2. The van der Waals surface area contributed by atoms with Gasteiger partial charge in [0.15, 0.2) is 11.1 Å². The smallest absolute Gasteiger partial charge is 0.338 e. The third kappa shape index (κ3) is 7.07. The van der Waals surface area contributed by atoms with E-state index in [1.165, 1.54) is 43.5 Å². The minimum Gasteiger partial charge on any atom is -0.495 e. The van der Waals surface area contributed by atoms with Crippen LogP contribution in [0.3, 0.4) is 0 Å². The molecule has 1 atom stereocenters. The number of carboxylic acids is 1. The Morgan fingerprint density at radius 3 is 2.40 bits per heavy atom. The molecule has 0 spiro atoms. The van der Waals surface area contributed by atoms with Gasteiger partial charge in [0.25, 0.3) is 15.9 Å². The first kappa shape index (κ1) is 30.8. The summed E-state index contributed by atoms with van der Waals surface area (Å²) in [5.74, 6) is -3.81. The van der Waals surface area contributed by atoms with Crippen LogP contribution in [0, 0.1) is 5.82 Å². The van der Waals surface area contributed by atoms with Crippen LogP contribution >= 0.6 is 11.6 Å². The molecule has 0 heterocycles. The van der Waals surface area contributed by atoms with Crippen LogP contribution in [-0.2, 0) is 21.1 Å². The van der Waals surface area contributed by atoms with Gasteiger partial charge >= 0.3 is 5.97 Å². The molecule has 1 unspecified atom stereocenters. The Kier molecular flexibility index (Phi) is 10.1. The first-order valence-electron chi connectivity index (χ1n) is 11.4. The van der Waals surface area contributed by atoms with Crippen LogP contribution in [0.1, 0.15) is 27.6 Å². The summed E-state index contributed by atoms with van der Waals surface area (Å²) in [6.07, 6.45) is 0. The molecule has 3 rings (SSSR count). The monoisotopic (exact) mass is 614 g/mol. The maximum atomic E-state index is 14.1. The number of rotatable bonds is 12. The number of carboxylic acid groups (broad SMARTS) is 1. The summed E-state index contributed by atoms with van der Waals surface area (Å²) in [5, 5.41) is 11.5. The SMILES string of the molecule is CCOc1ccc(C(=O)Nc2ccc(C(=O)O)c(F)c2)cc1N(CCS(=O)O)S(=O)(=O)c1cc(Cl)ccc1OC. The molecule has 0 saturated heterocycles. The van der Waals surface area contributed by atoms with E-state index in [-0.39, 0.29) is 45.0 Å². The molecule has 15 heteroatoms. The summed E-state index contributed by atoms with van der Waals surface area (Å²) in [7, 11) is -3.25. The van der Waals surface area contributed by atoms with Gasteiger partial charge in [0.2, 0.25) is 0 Å². The molecule has 3 N–H and O–H groups in total. The van der Waals surface area contributed by atoms with Crippen LogP contribution < -0.4 is 19.1 Å². The fourth-order valence-electron chi connectivity index (χ4n) is 3.60. The molecule has 0 aliphatic rings. The highest BCUT2D eigenvalue weighted by Crippen LogP contribution is 2.37. The topological polar surface area (TPSA) is 160 Å². The van der Waals surface area contributed by atoms with E-state index >= 15 is 0 Å². The van der Waals surface area contributed by atoms with Crippen molar-refractivity contribution in [2.45, 2.75) is 11.8 Å².